The molecule has 0 saturated carbocycles. The first-order valence-electron chi connectivity index (χ1n) is 6.19. The van der Waals surface area contributed by atoms with E-state index in [2.05, 4.69) is 15.7 Å². The molecule has 1 aliphatic heterocycles. The topological polar surface area (TPSA) is 124 Å². The van der Waals surface area contributed by atoms with Gasteiger partial charge >= 0.3 is 5.97 Å². The Balaban J connectivity index is 2.19. The number of carbonyl (C=O) groups excluding carboxylic acids is 1. The molecule has 0 aliphatic carbocycles. The standard InChI is InChI=1S/C13H15N3O5/c1-7-2-4-8(5-3-7)14-15-11-10(16-20)12(9(18)6-17)21-13(11)19/h2-5,9,12,14,17-18,20H,6H2,1H3/b15-11+,16-10-. The van der Waals surface area contributed by atoms with Crippen LogP contribution < -0.4 is 5.43 Å². The van der Waals surface area contributed by atoms with Crippen LogP contribution >= 0.6 is 0 Å². The molecule has 0 radical (unpaired) electrons. The van der Waals surface area contributed by atoms with E-state index in [1.54, 1.807) is 12.1 Å². The summed E-state index contributed by atoms with van der Waals surface area (Å²) in [5.41, 5.74) is 3.84. The van der Waals surface area contributed by atoms with Crippen molar-refractivity contribution in [2.24, 2.45) is 10.3 Å². The zero-order valence-electron chi connectivity index (χ0n) is 11.2. The number of carbonyl (C=O) groups is 1. The summed E-state index contributed by atoms with van der Waals surface area (Å²) in [5, 5.41) is 34.1. The number of benzene rings is 1. The quantitative estimate of drug-likeness (QED) is 0.348. The first kappa shape index (κ1) is 14.9. The number of hydrogen-bond acceptors (Lipinski definition) is 8. The normalized spacial score (nSPS) is 23.4. The summed E-state index contributed by atoms with van der Waals surface area (Å²) in [7, 11) is 0. The van der Waals surface area contributed by atoms with Crippen LogP contribution in [0.3, 0.4) is 0 Å². The number of ether oxygens (including phenoxy) is 1. The van der Waals surface area contributed by atoms with Gasteiger partial charge in [0.2, 0.25) is 0 Å². The van der Waals surface area contributed by atoms with Crippen molar-refractivity contribution in [3.8, 4) is 0 Å². The van der Waals surface area contributed by atoms with Crippen molar-refractivity contribution in [3.63, 3.8) is 0 Å². The average molecular weight is 293 g/mol. The van der Waals surface area contributed by atoms with E-state index in [0.29, 0.717) is 5.69 Å². The Morgan fingerprint density at radius 3 is 2.62 bits per heavy atom. The zero-order valence-corrected chi connectivity index (χ0v) is 11.2. The van der Waals surface area contributed by atoms with E-state index in [9.17, 15) is 9.90 Å². The van der Waals surface area contributed by atoms with Crippen molar-refractivity contribution in [2.75, 3.05) is 12.0 Å². The number of hydrazone groups is 1. The number of cyclic esters (lactones) is 1. The highest BCUT2D eigenvalue weighted by molar-refractivity contribution is 6.69. The van der Waals surface area contributed by atoms with E-state index in [1.807, 2.05) is 19.1 Å². The van der Waals surface area contributed by atoms with Crippen molar-refractivity contribution < 1.29 is 25.0 Å². The predicted octanol–water partition coefficient (Wildman–Crippen LogP) is -0.128. The summed E-state index contributed by atoms with van der Waals surface area (Å²) in [6, 6.07) is 7.23. The summed E-state index contributed by atoms with van der Waals surface area (Å²) in [5.74, 6) is -0.847. The largest absolute Gasteiger partial charge is 0.448 e. The lowest BCUT2D eigenvalue weighted by Crippen LogP contribution is -2.36. The predicted molar refractivity (Wildman–Crippen MR) is 74.4 cm³/mol. The molecule has 21 heavy (non-hydrogen) atoms. The van der Waals surface area contributed by atoms with Gasteiger partial charge < -0.3 is 20.2 Å². The number of aliphatic hydroxyl groups is 2. The molecule has 4 N–H and O–H groups in total. The van der Waals surface area contributed by atoms with Gasteiger partial charge in [0.05, 0.1) is 12.3 Å². The molecule has 1 saturated heterocycles. The summed E-state index contributed by atoms with van der Waals surface area (Å²) in [6.45, 7) is 1.29. The zero-order chi connectivity index (χ0) is 15.4. The molecule has 1 heterocycles. The van der Waals surface area contributed by atoms with Crippen molar-refractivity contribution in [1.82, 2.24) is 0 Å². The van der Waals surface area contributed by atoms with Gasteiger partial charge in [0.1, 0.15) is 6.10 Å². The van der Waals surface area contributed by atoms with Crippen LogP contribution in [-0.4, -0.2) is 51.6 Å². The van der Waals surface area contributed by atoms with Crippen molar-refractivity contribution in [3.05, 3.63) is 29.8 Å². The lowest BCUT2D eigenvalue weighted by molar-refractivity contribution is -0.140. The molecule has 112 valence electrons. The third-order valence-electron chi connectivity index (χ3n) is 2.93. The third kappa shape index (κ3) is 3.18. The maximum absolute atomic E-state index is 11.7. The van der Waals surface area contributed by atoms with Gasteiger partial charge in [-0.2, -0.15) is 5.10 Å². The summed E-state index contributed by atoms with van der Waals surface area (Å²) < 4.78 is 4.83. The molecule has 0 aromatic heterocycles. The number of aliphatic hydroxyl groups excluding tert-OH is 2. The number of nitrogens with zero attached hydrogens (tertiary/aromatic N) is 2. The van der Waals surface area contributed by atoms with Gasteiger partial charge in [-0.1, -0.05) is 22.9 Å². The molecule has 8 heteroatoms. The molecular weight excluding hydrogens is 278 g/mol. The van der Waals surface area contributed by atoms with Crippen LogP contribution in [0.2, 0.25) is 0 Å². The fourth-order valence-corrected chi connectivity index (χ4v) is 1.78. The average Bonchev–Trinajstić information content (AvgIpc) is 2.82. The smallest absolute Gasteiger partial charge is 0.361 e. The van der Waals surface area contributed by atoms with Crippen LogP contribution in [0, 0.1) is 6.92 Å². The second-order valence-electron chi connectivity index (χ2n) is 4.50. The minimum atomic E-state index is -1.38. The molecule has 0 bridgehead atoms. The second-order valence-corrected chi connectivity index (χ2v) is 4.50. The van der Waals surface area contributed by atoms with E-state index in [1.165, 1.54) is 0 Å². The van der Waals surface area contributed by atoms with E-state index >= 15 is 0 Å². The van der Waals surface area contributed by atoms with Crippen molar-refractivity contribution >= 4 is 23.1 Å². The molecule has 1 aliphatic rings. The Morgan fingerprint density at radius 1 is 1.38 bits per heavy atom. The number of nitrogens with one attached hydrogen (secondary N) is 1. The van der Waals surface area contributed by atoms with Gasteiger partial charge in [-0.05, 0) is 19.1 Å². The summed E-state index contributed by atoms with van der Waals surface area (Å²) in [6.07, 6.45) is -2.63. The van der Waals surface area contributed by atoms with Crippen LogP contribution in [0.25, 0.3) is 0 Å². The Kier molecular flexibility index (Phi) is 4.51. The number of aryl methyl sites for hydroxylation is 1. The van der Waals surface area contributed by atoms with Gasteiger partial charge in [-0.15, -0.1) is 0 Å². The van der Waals surface area contributed by atoms with Crippen LogP contribution in [0.1, 0.15) is 5.56 Å². The Labute approximate surface area is 120 Å². The lowest BCUT2D eigenvalue weighted by atomic mass is 10.1. The highest BCUT2D eigenvalue weighted by Gasteiger charge is 2.43. The molecule has 2 unspecified atom stereocenters. The number of hydrogen-bond donors (Lipinski definition) is 4. The van der Waals surface area contributed by atoms with E-state index in [0.717, 1.165) is 5.56 Å². The summed E-state index contributed by atoms with van der Waals surface area (Å²) >= 11 is 0. The molecule has 2 atom stereocenters. The first-order valence-corrected chi connectivity index (χ1v) is 6.19. The minimum absolute atomic E-state index is 0.235. The summed E-state index contributed by atoms with van der Waals surface area (Å²) in [4.78, 5) is 11.7. The second kappa shape index (κ2) is 6.33. The number of anilines is 1. The molecule has 1 aromatic rings. The fraction of sp³-hybridized carbons (Fsp3) is 0.308. The van der Waals surface area contributed by atoms with Gasteiger partial charge in [0.25, 0.3) is 0 Å². The van der Waals surface area contributed by atoms with Crippen molar-refractivity contribution in [1.29, 1.82) is 0 Å². The molecule has 0 spiro atoms. The molecule has 1 aromatic carbocycles. The number of esters is 1. The monoisotopic (exact) mass is 293 g/mol. The highest BCUT2D eigenvalue weighted by Crippen LogP contribution is 2.15. The van der Waals surface area contributed by atoms with E-state index < -0.39 is 24.8 Å². The first-order chi connectivity index (χ1) is 10.1. The third-order valence-corrected chi connectivity index (χ3v) is 2.93. The van der Waals surface area contributed by atoms with Gasteiger partial charge in [-0.25, -0.2) is 4.79 Å². The van der Waals surface area contributed by atoms with Crippen LogP contribution in [0.5, 0.6) is 0 Å². The van der Waals surface area contributed by atoms with E-state index in [4.69, 9.17) is 15.1 Å². The molecule has 8 nitrogen and oxygen atoms in total. The molecular formula is C13H15N3O5. The fourth-order valence-electron chi connectivity index (χ4n) is 1.78. The molecule has 2 rings (SSSR count). The SMILES string of the molecule is Cc1ccc(N/N=C2/C(=O)OC(C(O)CO)/C2=N\O)cc1. The molecule has 0 amide bonds. The highest BCUT2D eigenvalue weighted by atomic mass is 16.6. The number of oxime groups is 1. The Hall–Kier alpha value is -2.45. The maximum Gasteiger partial charge on any atom is 0.361 e. The van der Waals surface area contributed by atoms with Crippen LogP contribution in [0.4, 0.5) is 5.69 Å². The maximum atomic E-state index is 11.7. The molecule has 1 fully saturated rings. The lowest BCUT2D eigenvalue weighted by Gasteiger charge is -2.13. The minimum Gasteiger partial charge on any atom is -0.448 e. The van der Waals surface area contributed by atoms with Crippen LogP contribution in [0.15, 0.2) is 34.5 Å². The van der Waals surface area contributed by atoms with E-state index in [-0.39, 0.29) is 11.4 Å². The van der Waals surface area contributed by atoms with Gasteiger partial charge in [0.15, 0.2) is 17.5 Å². The van der Waals surface area contributed by atoms with Gasteiger partial charge in [0, 0.05) is 0 Å². The van der Waals surface area contributed by atoms with Crippen molar-refractivity contribution in [2.45, 2.75) is 19.1 Å². The number of rotatable bonds is 4. The van der Waals surface area contributed by atoms with Crippen LogP contribution in [-0.2, 0) is 9.53 Å². The van der Waals surface area contributed by atoms with Gasteiger partial charge in [-0.3, -0.25) is 5.43 Å². The Bertz CT molecular complexity index is 582. The Morgan fingerprint density at radius 2 is 2.05 bits per heavy atom.